The minimum absolute atomic E-state index is 0.0274. The summed E-state index contributed by atoms with van der Waals surface area (Å²) in [7, 11) is -3.87. The van der Waals surface area contributed by atoms with Crippen LogP contribution in [0, 0.1) is 10.1 Å². The Morgan fingerprint density at radius 2 is 1.85 bits per heavy atom. The molecule has 0 radical (unpaired) electrons. The Morgan fingerprint density at radius 3 is 2.55 bits per heavy atom. The van der Waals surface area contributed by atoms with Gasteiger partial charge in [0.1, 0.15) is 11.8 Å². The van der Waals surface area contributed by atoms with Crippen molar-refractivity contribution in [3.63, 3.8) is 0 Å². The largest absolute Gasteiger partial charge is 0.468 e. The molecule has 1 aromatic heterocycles. The number of hydrogen-bond acceptors (Lipinski definition) is 7. The van der Waals surface area contributed by atoms with Crippen molar-refractivity contribution >= 4 is 33.2 Å². The number of furan rings is 1. The van der Waals surface area contributed by atoms with E-state index >= 15 is 0 Å². The summed E-state index contributed by atoms with van der Waals surface area (Å²) < 4.78 is 32.5. The van der Waals surface area contributed by atoms with E-state index in [9.17, 15) is 28.1 Å². The van der Waals surface area contributed by atoms with Crippen molar-refractivity contribution in [1.82, 2.24) is 10.0 Å². The maximum absolute atomic E-state index is 12.5. The molecule has 0 spiro atoms. The van der Waals surface area contributed by atoms with E-state index in [-0.39, 0.29) is 28.4 Å². The van der Waals surface area contributed by atoms with Gasteiger partial charge in [-0.3, -0.25) is 19.7 Å². The third-order valence-electron chi connectivity index (χ3n) is 4.49. The van der Waals surface area contributed by atoms with Gasteiger partial charge < -0.3 is 15.1 Å². The van der Waals surface area contributed by atoms with Crippen LogP contribution in [0.15, 0.2) is 76.2 Å². The summed E-state index contributed by atoms with van der Waals surface area (Å²) in [6, 6.07) is 13.0. The molecule has 0 saturated heterocycles. The summed E-state index contributed by atoms with van der Waals surface area (Å²) in [6.45, 7) is 1.39. The second-order valence-electron chi connectivity index (χ2n) is 6.92. The minimum atomic E-state index is -3.87. The van der Waals surface area contributed by atoms with E-state index in [1.54, 1.807) is 12.1 Å². The molecule has 0 bridgehead atoms. The number of benzene rings is 2. The molecule has 33 heavy (non-hydrogen) atoms. The highest BCUT2D eigenvalue weighted by molar-refractivity contribution is 7.89. The lowest BCUT2D eigenvalue weighted by Crippen LogP contribution is -2.41. The maximum Gasteiger partial charge on any atom is 0.270 e. The number of hydrogen-bond donors (Lipinski definition) is 3. The molecule has 172 valence electrons. The number of amides is 2. The van der Waals surface area contributed by atoms with Gasteiger partial charge >= 0.3 is 0 Å². The number of non-ortho nitro benzene ring substituents is 1. The zero-order valence-electron chi connectivity index (χ0n) is 17.3. The topological polar surface area (TPSA) is 161 Å². The lowest BCUT2D eigenvalue weighted by atomic mass is 10.1. The van der Waals surface area contributed by atoms with Crippen LogP contribution in [-0.4, -0.2) is 31.2 Å². The lowest BCUT2D eigenvalue weighted by Gasteiger charge is -2.15. The summed E-state index contributed by atoms with van der Waals surface area (Å²) >= 11 is 0. The third kappa shape index (κ3) is 6.24. The highest BCUT2D eigenvalue weighted by atomic mass is 32.2. The molecule has 0 aliphatic heterocycles. The van der Waals surface area contributed by atoms with Gasteiger partial charge in [0, 0.05) is 23.4 Å². The molecule has 1 atom stereocenters. The molecule has 0 saturated carbocycles. The Balaban J connectivity index is 1.63. The van der Waals surface area contributed by atoms with Crippen molar-refractivity contribution in [2.24, 2.45) is 0 Å². The molecule has 0 fully saturated rings. The molecule has 11 nitrogen and oxygen atoms in total. The Bertz CT molecular complexity index is 1270. The number of carbonyl (C=O) groups is 2. The first-order chi connectivity index (χ1) is 15.7. The average molecular weight is 472 g/mol. The zero-order valence-corrected chi connectivity index (χ0v) is 18.2. The van der Waals surface area contributed by atoms with E-state index in [1.165, 1.54) is 55.7 Å². The molecule has 1 unspecified atom stereocenters. The van der Waals surface area contributed by atoms with Gasteiger partial charge in [0.05, 0.1) is 22.6 Å². The van der Waals surface area contributed by atoms with E-state index in [0.717, 1.165) is 6.07 Å². The van der Waals surface area contributed by atoms with Crippen molar-refractivity contribution in [3.05, 3.63) is 88.4 Å². The summed E-state index contributed by atoms with van der Waals surface area (Å²) in [5.41, 5.74) is -0.0182. The van der Waals surface area contributed by atoms with Crippen LogP contribution >= 0.6 is 0 Å². The van der Waals surface area contributed by atoms with Crippen LogP contribution in [0.1, 0.15) is 23.0 Å². The van der Waals surface area contributed by atoms with Gasteiger partial charge in [0.15, 0.2) is 0 Å². The summed E-state index contributed by atoms with van der Waals surface area (Å²) in [4.78, 5) is 35.0. The van der Waals surface area contributed by atoms with Crippen LogP contribution in [-0.2, 0) is 21.4 Å². The average Bonchev–Trinajstić information content (AvgIpc) is 3.32. The van der Waals surface area contributed by atoms with Crippen molar-refractivity contribution in [2.45, 2.75) is 24.4 Å². The van der Waals surface area contributed by atoms with Crippen molar-refractivity contribution in [1.29, 1.82) is 0 Å². The Labute approximate surface area is 189 Å². The monoisotopic (exact) mass is 472 g/mol. The first kappa shape index (κ1) is 23.6. The van der Waals surface area contributed by atoms with Gasteiger partial charge in [-0.1, -0.05) is 12.1 Å². The Hall–Kier alpha value is -4.03. The fourth-order valence-electron chi connectivity index (χ4n) is 2.76. The number of nitrogens with zero attached hydrogens (tertiary/aromatic N) is 1. The van der Waals surface area contributed by atoms with Crippen LogP contribution in [0.4, 0.5) is 11.4 Å². The number of rotatable bonds is 9. The zero-order chi connectivity index (χ0) is 24.0. The molecule has 1 heterocycles. The van der Waals surface area contributed by atoms with E-state index in [4.69, 9.17) is 4.42 Å². The fraction of sp³-hybridized carbons (Fsp3) is 0.143. The smallest absolute Gasteiger partial charge is 0.270 e. The minimum Gasteiger partial charge on any atom is -0.468 e. The summed E-state index contributed by atoms with van der Waals surface area (Å²) in [6.07, 6.45) is 1.43. The second-order valence-corrected chi connectivity index (χ2v) is 8.69. The lowest BCUT2D eigenvalue weighted by molar-refractivity contribution is -0.384. The van der Waals surface area contributed by atoms with E-state index in [1.807, 2.05) is 0 Å². The first-order valence-electron chi connectivity index (χ1n) is 9.64. The molecule has 2 amide bonds. The molecule has 3 aromatic rings. The van der Waals surface area contributed by atoms with E-state index in [2.05, 4.69) is 15.4 Å². The van der Waals surface area contributed by atoms with Crippen LogP contribution in [0.2, 0.25) is 0 Å². The Morgan fingerprint density at radius 1 is 1.09 bits per heavy atom. The second kappa shape index (κ2) is 10.1. The number of nitro benzene ring substituents is 1. The van der Waals surface area contributed by atoms with Gasteiger partial charge in [-0.05, 0) is 43.3 Å². The molecule has 3 rings (SSSR count). The normalized spacial score (nSPS) is 12.0. The number of anilines is 1. The molecule has 0 aliphatic rings. The maximum atomic E-state index is 12.5. The summed E-state index contributed by atoms with van der Waals surface area (Å²) in [5, 5.41) is 15.9. The third-order valence-corrected chi connectivity index (χ3v) is 5.89. The molecule has 0 aliphatic carbocycles. The van der Waals surface area contributed by atoms with E-state index in [0.29, 0.717) is 5.76 Å². The number of nitro groups is 1. The van der Waals surface area contributed by atoms with Gasteiger partial charge in [-0.25, -0.2) is 13.1 Å². The first-order valence-corrected chi connectivity index (χ1v) is 11.1. The van der Waals surface area contributed by atoms with E-state index < -0.39 is 32.8 Å². The number of carbonyl (C=O) groups excluding carboxylic acids is 2. The van der Waals surface area contributed by atoms with Gasteiger partial charge in [0.2, 0.25) is 15.9 Å². The quantitative estimate of drug-likeness (QED) is 0.318. The molecule has 2 aromatic carbocycles. The van der Waals surface area contributed by atoms with Crippen LogP contribution in [0.3, 0.4) is 0 Å². The predicted molar refractivity (Wildman–Crippen MR) is 118 cm³/mol. The van der Waals surface area contributed by atoms with Crippen molar-refractivity contribution in [3.8, 4) is 0 Å². The predicted octanol–water partition coefficient (Wildman–Crippen LogP) is 2.42. The highest BCUT2D eigenvalue weighted by Gasteiger charge is 2.20. The standard InChI is InChI=1S/C21H20N4O7S/c1-14(23-21(27)15-5-2-7-17(11-15)25(28)29)20(26)24-16-6-3-9-19(12-16)33(30,31)22-13-18-8-4-10-32-18/h2-12,14,22H,13H2,1H3,(H,23,27)(H,24,26). The van der Waals surface area contributed by atoms with Gasteiger partial charge in [0.25, 0.3) is 11.6 Å². The number of sulfonamides is 1. The van der Waals surface area contributed by atoms with Crippen LogP contribution in [0.25, 0.3) is 0 Å². The van der Waals surface area contributed by atoms with Crippen molar-refractivity contribution in [2.75, 3.05) is 5.32 Å². The van der Waals surface area contributed by atoms with Crippen LogP contribution < -0.4 is 15.4 Å². The van der Waals surface area contributed by atoms with Crippen molar-refractivity contribution < 1.29 is 27.3 Å². The highest BCUT2D eigenvalue weighted by Crippen LogP contribution is 2.17. The SMILES string of the molecule is CC(NC(=O)c1cccc([N+](=O)[O-])c1)C(=O)Nc1cccc(S(=O)(=O)NCc2ccco2)c1. The van der Waals surface area contributed by atoms with Gasteiger partial charge in [-0.15, -0.1) is 0 Å². The van der Waals surface area contributed by atoms with Gasteiger partial charge in [-0.2, -0.15) is 0 Å². The summed E-state index contributed by atoms with van der Waals surface area (Å²) in [5.74, 6) is -0.831. The number of nitrogens with one attached hydrogen (secondary N) is 3. The molecule has 12 heteroatoms. The van der Waals surface area contributed by atoms with Crippen LogP contribution in [0.5, 0.6) is 0 Å². The molecular formula is C21H20N4O7S. The molecular weight excluding hydrogens is 452 g/mol. The molecule has 3 N–H and O–H groups in total. The fourth-order valence-corrected chi connectivity index (χ4v) is 3.80. The Kier molecular flexibility index (Phi) is 7.20.